The van der Waals surface area contributed by atoms with Crippen LogP contribution in [0.5, 0.6) is 0 Å². The Morgan fingerprint density at radius 1 is 0.944 bits per heavy atom. The first-order valence-electron chi connectivity index (χ1n) is 10.7. The van der Waals surface area contributed by atoms with Crippen LogP contribution in [-0.2, 0) is 16.8 Å². The highest BCUT2D eigenvalue weighted by Crippen LogP contribution is 2.53. The molecule has 0 bridgehead atoms. The number of ether oxygens (including phenoxy) is 1. The summed E-state index contributed by atoms with van der Waals surface area (Å²) in [6.45, 7) is 6.41. The zero-order chi connectivity index (χ0) is 27.3. The molecular formula is C24H23F7N2O3. The van der Waals surface area contributed by atoms with Crippen molar-refractivity contribution < 1.29 is 45.1 Å². The Balaban J connectivity index is 1.93. The van der Waals surface area contributed by atoms with Crippen molar-refractivity contribution in [3.8, 4) is 0 Å². The second kappa shape index (κ2) is 8.97. The van der Waals surface area contributed by atoms with E-state index in [1.165, 1.54) is 11.0 Å². The van der Waals surface area contributed by atoms with E-state index in [4.69, 9.17) is 4.74 Å². The van der Waals surface area contributed by atoms with E-state index < -0.39 is 41.2 Å². The molecule has 2 aromatic rings. The Bertz CT molecular complexity index is 1170. The van der Waals surface area contributed by atoms with Gasteiger partial charge in [0.05, 0.1) is 11.3 Å². The van der Waals surface area contributed by atoms with Crippen LogP contribution in [0.2, 0.25) is 0 Å². The van der Waals surface area contributed by atoms with Crippen LogP contribution in [0.25, 0.3) is 0 Å². The molecule has 5 nitrogen and oxygen atoms in total. The van der Waals surface area contributed by atoms with Crippen molar-refractivity contribution in [2.75, 3.05) is 16.8 Å². The minimum absolute atomic E-state index is 0.0461. The molecule has 0 atom stereocenters. The summed E-state index contributed by atoms with van der Waals surface area (Å²) in [7, 11) is 0. The van der Waals surface area contributed by atoms with E-state index in [0.717, 1.165) is 13.0 Å². The average molecular weight is 520 g/mol. The van der Waals surface area contributed by atoms with Gasteiger partial charge >= 0.3 is 24.1 Å². The van der Waals surface area contributed by atoms with Gasteiger partial charge in [-0.05, 0) is 57.4 Å². The molecular weight excluding hydrogens is 497 g/mol. The van der Waals surface area contributed by atoms with Gasteiger partial charge in [0.15, 0.2) is 0 Å². The number of amides is 2. The lowest BCUT2D eigenvalue weighted by atomic mass is 9.92. The van der Waals surface area contributed by atoms with E-state index >= 15 is 0 Å². The van der Waals surface area contributed by atoms with Crippen LogP contribution in [0.1, 0.15) is 47.8 Å². The van der Waals surface area contributed by atoms with Gasteiger partial charge in [0.1, 0.15) is 5.60 Å². The topological polar surface area (TPSA) is 58.6 Å². The zero-order valence-electron chi connectivity index (χ0n) is 19.7. The lowest BCUT2D eigenvalue weighted by Crippen LogP contribution is -2.50. The number of carbonyl (C=O) groups is 2. The van der Waals surface area contributed by atoms with Crippen LogP contribution in [0.4, 0.5) is 46.9 Å². The molecule has 0 unspecified atom stereocenters. The van der Waals surface area contributed by atoms with E-state index in [-0.39, 0.29) is 29.0 Å². The number of hydrogen-bond acceptors (Lipinski definition) is 3. The first-order valence-corrected chi connectivity index (χ1v) is 10.7. The number of rotatable bonds is 3. The quantitative estimate of drug-likeness (QED) is 0.451. The molecule has 0 saturated heterocycles. The molecule has 36 heavy (non-hydrogen) atoms. The Hall–Kier alpha value is -3.31. The van der Waals surface area contributed by atoms with Crippen LogP contribution < -0.4 is 10.2 Å². The number of nitrogens with one attached hydrogen (secondary N) is 1. The molecule has 12 heteroatoms. The van der Waals surface area contributed by atoms with Crippen molar-refractivity contribution in [3.63, 3.8) is 0 Å². The fourth-order valence-corrected chi connectivity index (χ4v) is 3.83. The minimum atomic E-state index is -6.25. The van der Waals surface area contributed by atoms with Gasteiger partial charge in [-0.2, -0.15) is 26.3 Å². The Labute approximate surface area is 202 Å². The Morgan fingerprint density at radius 2 is 1.56 bits per heavy atom. The molecule has 1 heterocycles. The van der Waals surface area contributed by atoms with E-state index in [1.54, 1.807) is 32.9 Å². The normalized spacial score (nSPS) is 14.5. The molecule has 0 saturated carbocycles. The van der Waals surface area contributed by atoms with Crippen LogP contribution in [-0.4, -0.2) is 36.5 Å². The van der Waals surface area contributed by atoms with Gasteiger partial charge in [-0.1, -0.05) is 24.3 Å². The van der Waals surface area contributed by atoms with Gasteiger partial charge in [0.25, 0.3) is 5.91 Å². The summed E-state index contributed by atoms with van der Waals surface area (Å²) in [6, 6.07) is 6.19. The molecule has 0 spiro atoms. The molecule has 2 amide bonds. The van der Waals surface area contributed by atoms with Crippen molar-refractivity contribution in [1.82, 2.24) is 0 Å². The number of fused-ring (bicyclic) bond motifs is 1. The predicted molar refractivity (Wildman–Crippen MR) is 118 cm³/mol. The van der Waals surface area contributed by atoms with Crippen molar-refractivity contribution in [3.05, 3.63) is 58.7 Å². The number of carbonyl (C=O) groups excluding carboxylic acids is 2. The molecule has 1 aliphatic rings. The molecule has 0 radical (unpaired) electrons. The predicted octanol–water partition coefficient (Wildman–Crippen LogP) is 6.83. The molecule has 0 aliphatic carbocycles. The Kier molecular flexibility index (Phi) is 6.80. The maximum atomic E-state index is 14.4. The number of alkyl halides is 7. The fraction of sp³-hybridized carbons (Fsp3) is 0.417. The molecule has 0 aromatic heterocycles. The average Bonchev–Trinajstić information content (AvgIpc) is 3.16. The molecule has 0 fully saturated rings. The highest BCUT2D eigenvalue weighted by atomic mass is 19.4. The molecule has 3 rings (SSSR count). The van der Waals surface area contributed by atoms with Gasteiger partial charge in [-0.25, -0.2) is 9.18 Å². The summed E-state index contributed by atoms with van der Waals surface area (Å²) in [5.41, 5.74) is -7.38. The van der Waals surface area contributed by atoms with Crippen LogP contribution >= 0.6 is 0 Å². The lowest BCUT2D eigenvalue weighted by Gasteiger charge is -2.30. The van der Waals surface area contributed by atoms with E-state index in [2.05, 4.69) is 5.32 Å². The van der Waals surface area contributed by atoms with Crippen molar-refractivity contribution in [1.29, 1.82) is 0 Å². The molecule has 1 aliphatic heterocycles. The van der Waals surface area contributed by atoms with Crippen molar-refractivity contribution >= 4 is 23.4 Å². The second-order valence-corrected chi connectivity index (χ2v) is 9.33. The lowest BCUT2D eigenvalue weighted by molar-refractivity contribution is -0.348. The fourth-order valence-electron chi connectivity index (χ4n) is 3.83. The van der Waals surface area contributed by atoms with Crippen molar-refractivity contribution in [2.45, 2.75) is 57.7 Å². The highest BCUT2D eigenvalue weighted by molar-refractivity contribution is 6.11. The molecule has 1 N–H and O–H groups in total. The van der Waals surface area contributed by atoms with Gasteiger partial charge in [-0.15, -0.1) is 0 Å². The van der Waals surface area contributed by atoms with Gasteiger partial charge in [0.2, 0.25) is 0 Å². The van der Waals surface area contributed by atoms with Crippen LogP contribution in [0.15, 0.2) is 36.4 Å². The second-order valence-electron chi connectivity index (χ2n) is 9.33. The van der Waals surface area contributed by atoms with E-state index in [1.807, 2.05) is 0 Å². The third kappa shape index (κ3) is 4.98. The number of halogens is 7. The number of hydrogen-bond donors (Lipinski definition) is 1. The highest BCUT2D eigenvalue weighted by Gasteiger charge is 2.73. The van der Waals surface area contributed by atoms with Crippen molar-refractivity contribution in [2.24, 2.45) is 0 Å². The standard InChI is InChI=1S/C24H23F7N2O3/c1-13-12-15(22(25,23(26,27)28)24(29,30)31)8-9-17(13)32-19(34)16-7-5-6-14-10-11-33(18(14)16)20(35)36-21(2,3)4/h5-9,12H,10-11H2,1-4H3,(H,32,34). The molecule has 2 aromatic carbocycles. The number of benzene rings is 2. The monoisotopic (exact) mass is 520 g/mol. The maximum absolute atomic E-state index is 14.4. The number of nitrogens with zero attached hydrogens (tertiary/aromatic N) is 1. The first-order chi connectivity index (χ1) is 16.4. The summed E-state index contributed by atoms with van der Waals surface area (Å²) in [4.78, 5) is 27.0. The maximum Gasteiger partial charge on any atom is 0.435 e. The SMILES string of the molecule is Cc1cc(C(F)(C(F)(F)F)C(F)(F)F)ccc1NC(=O)c1cccc2c1N(C(=O)OC(C)(C)C)CC2. The first kappa shape index (κ1) is 27.3. The summed E-state index contributed by atoms with van der Waals surface area (Å²) >= 11 is 0. The minimum Gasteiger partial charge on any atom is -0.443 e. The Morgan fingerprint density at radius 3 is 2.08 bits per heavy atom. The molecule has 196 valence electrons. The van der Waals surface area contributed by atoms with Crippen LogP contribution in [0.3, 0.4) is 0 Å². The van der Waals surface area contributed by atoms with Crippen LogP contribution in [0, 0.1) is 6.92 Å². The zero-order valence-corrected chi connectivity index (χ0v) is 19.7. The summed E-state index contributed by atoms with van der Waals surface area (Å²) in [6.07, 6.45) is -12.7. The summed E-state index contributed by atoms with van der Waals surface area (Å²) in [5.74, 6) is -0.767. The smallest absolute Gasteiger partial charge is 0.435 e. The summed E-state index contributed by atoms with van der Waals surface area (Å²) in [5, 5.41) is 2.42. The summed E-state index contributed by atoms with van der Waals surface area (Å²) < 4.78 is 98.2. The van der Waals surface area contributed by atoms with Gasteiger partial charge in [-0.3, -0.25) is 9.69 Å². The third-order valence-corrected chi connectivity index (χ3v) is 5.51. The number of aryl methyl sites for hydroxylation is 1. The van der Waals surface area contributed by atoms with E-state index in [9.17, 15) is 40.3 Å². The number of para-hydroxylation sites is 1. The largest absolute Gasteiger partial charge is 0.443 e. The van der Waals surface area contributed by atoms with Gasteiger partial charge < -0.3 is 10.1 Å². The van der Waals surface area contributed by atoms with Gasteiger partial charge in [0, 0.05) is 17.8 Å². The third-order valence-electron chi connectivity index (χ3n) is 5.51. The number of anilines is 2. The van der Waals surface area contributed by atoms with E-state index in [0.29, 0.717) is 24.1 Å².